The third kappa shape index (κ3) is 3.06. The fourth-order valence-electron chi connectivity index (χ4n) is 2.08. The maximum absolute atomic E-state index is 10.7. The summed E-state index contributed by atoms with van der Waals surface area (Å²) in [5, 5.41) is 8.82. The van der Waals surface area contributed by atoms with Crippen molar-refractivity contribution in [3.05, 3.63) is 60.2 Å². The van der Waals surface area contributed by atoms with Crippen LogP contribution in [0.2, 0.25) is 0 Å². The predicted molar refractivity (Wildman–Crippen MR) is 79.7 cm³/mol. The highest BCUT2D eigenvalue weighted by Crippen LogP contribution is 2.31. The Labute approximate surface area is 118 Å². The van der Waals surface area contributed by atoms with Crippen molar-refractivity contribution in [3.63, 3.8) is 0 Å². The third-order valence-electron chi connectivity index (χ3n) is 3.08. The van der Waals surface area contributed by atoms with Gasteiger partial charge in [-0.3, -0.25) is 0 Å². The molecule has 0 bridgehead atoms. The van der Waals surface area contributed by atoms with E-state index in [9.17, 15) is 4.79 Å². The van der Waals surface area contributed by atoms with E-state index >= 15 is 0 Å². The molecule has 0 atom stereocenters. The Hall–Kier alpha value is -2.55. The van der Waals surface area contributed by atoms with Crippen LogP contribution in [0.3, 0.4) is 0 Å². The zero-order valence-corrected chi connectivity index (χ0v) is 11.5. The summed E-state index contributed by atoms with van der Waals surface area (Å²) in [4.78, 5) is 10.7. The lowest BCUT2D eigenvalue weighted by Crippen LogP contribution is -1.91. The summed E-state index contributed by atoms with van der Waals surface area (Å²) in [5.74, 6) is -0.144. The van der Waals surface area contributed by atoms with Crippen LogP contribution in [0.15, 0.2) is 54.6 Å². The summed E-state index contributed by atoms with van der Waals surface area (Å²) in [5.41, 5.74) is 3.59. The van der Waals surface area contributed by atoms with Gasteiger partial charge in [-0.15, -0.1) is 0 Å². The molecule has 3 nitrogen and oxygen atoms in total. The van der Waals surface area contributed by atoms with Crippen molar-refractivity contribution in [2.45, 2.75) is 6.92 Å². The summed E-state index contributed by atoms with van der Waals surface area (Å²) < 4.78 is 5.36. The molecule has 102 valence electrons. The number of ether oxygens (including phenoxy) is 1. The van der Waals surface area contributed by atoms with Crippen LogP contribution in [0.4, 0.5) is 0 Å². The molecule has 0 radical (unpaired) electrons. The summed E-state index contributed by atoms with van der Waals surface area (Å²) in [7, 11) is 1.64. The van der Waals surface area contributed by atoms with Crippen LogP contribution in [-0.4, -0.2) is 18.2 Å². The molecule has 2 rings (SSSR count). The van der Waals surface area contributed by atoms with Gasteiger partial charge in [0.1, 0.15) is 5.75 Å². The van der Waals surface area contributed by atoms with Gasteiger partial charge in [0, 0.05) is 11.6 Å². The molecule has 0 amide bonds. The Kier molecular flexibility index (Phi) is 4.20. The smallest absolute Gasteiger partial charge is 0.328 e. The van der Waals surface area contributed by atoms with Gasteiger partial charge < -0.3 is 9.84 Å². The van der Waals surface area contributed by atoms with Gasteiger partial charge >= 0.3 is 5.97 Å². The molecule has 0 aliphatic heterocycles. The zero-order valence-electron chi connectivity index (χ0n) is 11.5. The van der Waals surface area contributed by atoms with Crippen LogP contribution in [0.5, 0.6) is 5.75 Å². The average Bonchev–Trinajstić information content (AvgIpc) is 2.46. The van der Waals surface area contributed by atoms with Gasteiger partial charge in [-0.05, 0) is 35.8 Å². The van der Waals surface area contributed by atoms with E-state index in [1.807, 2.05) is 48.5 Å². The van der Waals surface area contributed by atoms with Gasteiger partial charge in [0.15, 0.2) is 0 Å². The molecule has 0 fully saturated rings. The van der Waals surface area contributed by atoms with E-state index in [2.05, 4.69) is 0 Å². The number of benzene rings is 2. The van der Waals surface area contributed by atoms with Crippen LogP contribution in [-0.2, 0) is 4.79 Å². The first kappa shape index (κ1) is 13.9. The van der Waals surface area contributed by atoms with Gasteiger partial charge in [0.05, 0.1) is 7.11 Å². The fourth-order valence-corrected chi connectivity index (χ4v) is 2.08. The van der Waals surface area contributed by atoms with Crippen molar-refractivity contribution in [2.75, 3.05) is 7.11 Å². The topological polar surface area (TPSA) is 46.5 Å². The van der Waals surface area contributed by atoms with Crippen molar-refractivity contribution in [1.82, 2.24) is 0 Å². The van der Waals surface area contributed by atoms with Crippen LogP contribution >= 0.6 is 0 Å². The molecule has 0 spiro atoms. The number of hydrogen-bond acceptors (Lipinski definition) is 2. The number of carboxylic acids is 1. The van der Waals surface area contributed by atoms with Gasteiger partial charge in [0.2, 0.25) is 0 Å². The van der Waals surface area contributed by atoms with Crippen LogP contribution < -0.4 is 4.74 Å². The SMILES string of the molecule is COc1ccccc1-c1cccc(/C(C)=C/C(=O)O)c1. The minimum absolute atomic E-state index is 0.717. The molecular formula is C17H16O3. The Morgan fingerprint density at radius 1 is 1.15 bits per heavy atom. The predicted octanol–water partition coefficient (Wildman–Crippen LogP) is 3.85. The molecule has 3 heteroatoms. The highest BCUT2D eigenvalue weighted by Gasteiger charge is 2.06. The summed E-state index contributed by atoms with van der Waals surface area (Å²) in [6.45, 7) is 1.79. The molecule has 20 heavy (non-hydrogen) atoms. The third-order valence-corrected chi connectivity index (χ3v) is 3.08. The van der Waals surface area contributed by atoms with Gasteiger partial charge in [-0.25, -0.2) is 4.79 Å². The quantitative estimate of drug-likeness (QED) is 0.857. The van der Waals surface area contributed by atoms with E-state index in [0.717, 1.165) is 22.4 Å². The number of hydrogen-bond donors (Lipinski definition) is 1. The molecule has 0 aliphatic carbocycles. The molecule has 0 heterocycles. The fraction of sp³-hybridized carbons (Fsp3) is 0.118. The monoisotopic (exact) mass is 268 g/mol. The van der Waals surface area contributed by atoms with Crippen molar-refractivity contribution >= 4 is 11.5 Å². The van der Waals surface area contributed by atoms with Gasteiger partial charge in [-0.1, -0.05) is 36.4 Å². The van der Waals surface area contributed by atoms with E-state index in [4.69, 9.17) is 9.84 Å². The van der Waals surface area contributed by atoms with E-state index in [0.29, 0.717) is 5.57 Å². The van der Waals surface area contributed by atoms with Gasteiger partial charge in [-0.2, -0.15) is 0 Å². The number of allylic oxidation sites excluding steroid dienone is 1. The largest absolute Gasteiger partial charge is 0.496 e. The van der Waals surface area contributed by atoms with Crippen molar-refractivity contribution in [3.8, 4) is 16.9 Å². The van der Waals surface area contributed by atoms with Gasteiger partial charge in [0.25, 0.3) is 0 Å². The maximum atomic E-state index is 10.7. The van der Waals surface area contributed by atoms with Crippen LogP contribution in [0.1, 0.15) is 12.5 Å². The molecule has 0 saturated heterocycles. The Morgan fingerprint density at radius 3 is 2.60 bits per heavy atom. The lowest BCUT2D eigenvalue weighted by atomic mass is 9.99. The molecule has 2 aromatic rings. The number of para-hydroxylation sites is 1. The Morgan fingerprint density at radius 2 is 1.90 bits per heavy atom. The number of carbonyl (C=O) groups is 1. The second-order valence-corrected chi connectivity index (χ2v) is 4.45. The second kappa shape index (κ2) is 6.06. The highest BCUT2D eigenvalue weighted by atomic mass is 16.5. The summed E-state index contributed by atoms with van der Waals surface area (Å²) >= 11 is 0. The normalized spacial score (nSPS) is 11.2. The lowest BCUT2D eigenvalue weighted by Gasteiger charge is -2.10. The number of aliphatic carboxylic acids is 1. The molecule has 2 aromatic carbocycles. The van der Waals surface area contributed by atoms with E-state index in [1.54, 1.807) is 14.0 Å². The standard InChI is InChI=1S/C17H16O3/c1-12(10-17(18)19)13-6-5-7-14(11-13)15-8-3-4-9-16(15)20-2/h3-11H,1-2H3,(H,18,19)/b12-10+. The minimum atomic E-state index is -0.940. The first-order valence-electron chi connectivity index (χ1n) is 6.27. The molecular weight excluding hydrogens is 252 g/mol. The maximum Gasteiger partial charge on any atom is 0.328 e. The van der Waals surface area contributed by atoms with Crippen LogP contribution in [0, 0.1) is 0 Å². The molecule has 0 aromatic heterocycles. The van der Waals surface area contributed by atoms with Crippen molar-refractivity contribution in [1.29, 1.82) is 0 Å². The lowest BCUT2D eigenvalue weighted by molar-refractivity contribution is -0.131. The summed E-state index contributed by atoms with van der Waals surface area (Å²) in [6.07, 6.45) is 1.21. The second-order valence-electron chi connectivity index (χ2n) is 4.45. The Bertz CT molecular complexity index is 657. The highest BCUT2D eigenvalue weighted by molar-refractivity contribution is 5.90. The van der Waals surface area contributed by atoms with Crippen molar-refractivity contribution < 1.29 is 14.6 Å². The first-order chi connectivity index (χ1) is 9.61. The molecule has 0 saturated carbocycles. The molecule has 0 unspecified atom stereocenters. The average molecular weight is 268 g/mol. The molecule has 0 aliphatic rings. The van der Waals surface area contributed by atoms with E-state index < -0.39 is 5.97 Å². The minimum Gasteiger partial charge on any atom is -0.496 e. The number of methoxy groups -OCH3 is 1. The molecule has 1 N–H and O–H groups in total. The first-order valence-corrected chi connectivity index (χ1v) is 6.27. The zero-order chi connectivity index (χ0) is 14.5. The Balaban J connectivity index is 2.47. The van der Waals surface area contributed by atoms with Crippen LogP contribution in [0.25, 0.3) is 16.7 Å². The number of carboxylic acid groups (broad SMARTS) is 1. The number of rotatable bonds is 4. The van der Waals surface area contributed by atoms with Crippen molar-refractivity contribution in [2.24, 2.45) is 0 Å². The van der Waals surface area contributed by atoms with E-state index in [1.165, 1.54) is 6.08 Å². The van der Waals surface area contributed by atoms with E-state index in [-0.39, 0.29) is 0 Å². The summed E-state index contributed by atoms with van der Waals surface area (Å²) in [6, 6.07) is 15.5.